The summed E-state index contributed by atoms with van der Waals surface area (Å²) in [6.45, 7) is 18.6. The van der Waals surface area contributed by atoms with E-state index in [4.69, 9.17) is 0 Å². The molecule has 0 saturated heterocycles. The number of carbonyl (C=O) groups excluding carboxylic acids is 1. The Hall–Kier alpha value is -1.37. The lowest BCUT2D eigenvalue weighted by molar-refractivity contribution is -0.123. The van der Waals surface area contributed by atoms with Gasteiger partial charge in [-0.15, -0.1) is 0 Å². The van der Waals surface area contributed by atoms with Crippen LogP contribution < -0.4 is 0 Å². The summed E-state index contributed by atoms with van der Waals surface area (Å²) < 4.78 is 0. The number of allylic oxidation sites excluding steroid dienone is 8. The van der Waals surface area contributed by atoms with Crippen molar-refractivity contribution in [3.63, 3.8) is 0 Å². The molecule has 1 heteroatoms. The first kappa shape index (κ1) is 28.2. The van der Waals surface area contributed by atoms with Crippen LogP contribution in [-0.4, -0.2) is 5.78 Å². The Morgan fingerprint density at radius 1 is 0.686 bits per heavy atom. The number of ketones is 1. The maximum absolute atomic E-state index is 14.4. The van der Waals surface area contributed by atoms with Crippen LogP contribution >= 0.6 is 0 Å². The third kappa shape index (κ3) is 6.90. The largest absolute Gasteiger partial charge is 0.293 e. The van der Waals surface area contributed by atoms with Crippen LogP contribution in [0.4, 0.5) is 0 Å². The van der Waals surface area contributed by atoms with Gasteiger partial charge in [-0.05, 0) is 92.8 Å². The molecule has 0 spiro atoms. The number of hydrogen-bond donors (Lipinski definition) is 0. The first-order valence-electron chi connectivity index (χ1n) is 14.9. The average Bonchev–Trinajstić information content (AvgIpc) is 3.35. The molecule has 0 aromatic carbocycles. The average molecular weight is 479 g/mol. The third-order valence-electron chi connectivity index (χ3n) is 8.99. The van der Waals surface area contributed by atoms with Gasteiger partial charge in [0, 0.05) is 5.57 Å². The lowest BCUT2D eigenvalue weighted by atomic mass is 9.62. The van der Waals surface area contributed by atoms with Crippen molar-refractivity contribution in [3.8, 4) is 0 Å². The number of carbonyl (C=O) groups is 1. The standard InChI is InChI=1S/C34H54O/c1-23(2)11-9-13-25(5)15-17-34(18-16-26(6)14-10-12-24(3)4)32-22-28(8)20-30(32)29-19-27(7)21-31(29)33(34)35/h21-26H,9-20H2,1-8H3. The Bertz CT molecular complexity index is 864. The van der Waals surface area contributed by atoms with E-state index in [9.17, 15) is 4.79 Å². The van der Waals surface area contributed by atoms with Gasteiger partial charge in [-0.1, -0.05) is 103 Å². The van der Waals surface area contributed by atoms with E-state index < -0.39 is 0 Å². The van der Waals surface area contributed by atoms with E-state index in [0.717, 1.165) is 43.1 Å². The third-order valence-corrected chi connectivity index (χ3v) is 8.99. The molecular formula is C34H54O. The van der Waals surface area contributed by atoms with Crippen molar-refractivity contribution in [2.45, 2.75) is 132 Å². The van der Waals surface area contributed by atoms with Gasteiger partial charge in [-0.2, -0.15) is 0 Å². The Morgan fingerprint density at radius 3 is 1.69 bits per heavy atom. The summed E-state index contributed by atoms with van der Waals surface area (Å²) in [7, 11) is 0. The normalized spacial score (nSPS) is 23.8. The fourth-order valence-electron chi connectivity index (χ4n) is 6.71. The highest BCUT2D eigenvalue weighted by Crippen LogP contribution is 2.55. The molecule has 0 fully saturated rings. The van der Waals surface area contributed by atoms with Crippen molar-refractivity contribution in [2.24, 2.45) is 29.1 Å². The van der Waals surface area contributed by atoms with Gasteiger partial charge in [-0.3, -0.25) is 4.79 Å². The highest BCUT2D eigenvalue weighted by Gasteiger charge is 2.49. The summed E-state index contributed by atoms with van der Waals surface area (Å²) in [5.74, 6) is 3.40. The van der Waals surface area contributed by atoms with Crippen LogP contribution in [0.25, 0.3) is 0 Å². The van der Waals surface area contributed by atoms with Gasteiger partial charge < -0.3 is 0 Å². The molecule has 0 radical (unpaired) electrons. The number of hydrogen-bond acceptors (Lipinski definition) is 1. The molecule has 0 N–H and O–H groups in total. The van der Waals surface area contributed by atoms with E-state index >= 15 is 0 Å². The first-order chi connectivity index (χ1) is 16.5. The zero-order valence-corrected chi connectivity index (χ0v) is 24.4. The molecule has 0 aromatic rings. The molecule has 0 aromatic heterocycles. The molecule has 0 aliphatic heterocycles. The lowest BCUT2D eigenvalue weighted by Gasteiger charge is -2.39. The van der Waals surface area contributed by atoms with E-state index in [0.29, 0.717) is 17.6 Å². The minimum atomic E-state index is -0.300. The van der Waals surface area contributed by atoms with Crippen molar-refractivity contribution < 1.29 is 4.79 Å². The Balaban J connectivity index is 1.82. The maximum Gasteiger partial charge on any atom is 0.173 e. The van der Waals surface area contributed by atoms with Gasteiger partial charge in [0.05, 0.1) is 5.41 Å². The second kappa shape index (κ2) is 12.2. The van der Waals surface area contributed by atoms with Crippen molar-refractivity contribution in [1.82, 2.24) is 0 Å². The Kier molecular flexibility index (Phi) is 9.87. The van der Waals surface area contributed by atoms with Crippen LogP contribution in [0.1, 0.15) is 132 Å². The molecular weight excluding hydrogens is 424 g/mol. The summed E-state index contributed by atoms with van der Waals surface area (Å²) in [4.78, 5) is 14.4. The minimum absolute atomic E-state index is 0.300. The first-order valence-corrected chi connectivity index (χ1v) is 14.9. The van der Waals surface area contributed by atoms with E-state index in [1.807, 2.05) is 0 Å². The van der Waals surface area contributed by atoms with Gasteiger partial charge in [-0.25, -0.2) is 0 Å². The quantitative estimate of drug-likeness (QED) is 0.243. The van der Waals surface area contributed by atoms with Crippen molar-refractivity contribution in [2.75, 3.05) is 0 Å². The second-order valence-electron chi connectivity index (χ2n) is 13.5. The summed E-state index contributed by atoms with van der Waals surface area (Å²) >= 11 is 0. The van der Waals surface area contributed by atoms with Crippen LogP contribution in [0.2, 0.25) is 0 Å². The number of Topliss-reactive ketones (excluding diaryl/α,β-unsaturated/α-hetero) is 1. The molecule has 2 unspecified atom stereocenters. The maximum atomic E-state index is 14.4. The highest BCUT2D eigenvalue weighted by molar-refractivity contribution is 6.09. The molecule has 3 aliphatic carbocycles. The fourth-order valence-corrected chi connectivity index (χ4v) is 6.71. The van der Waals surface area contributed by atoms with Gasteiger partial charge in [0.25, 0.3) is 0 Å². The molecule has 35 heavy (non-hydrogen) atoms. The zero-order chi connectivity index (χ0) is 25.8. The summed E-state index contributed by atoms with van der Waals surface area (Å²) in [6, 6.07) is 0. The fraction of sp³-hybridized carbons (Fsp3) is 0.735. The van der Waals surface area contributed by atoms with Gasteiger partial charge in [0.2, 0.25) is 0 Å². The summed E-state index contributed by atoms with van der Waals surface area (Å²) in [6.07, 6.45) is 18.9. The smallest absolute Gasteiger partial charge is 0.173 e. The van der Waals surface area contributed by atoms with Gasteiger partial charge in [0.1, 0.15) is 0 Å². The van der Waals surface area contributed by atoms with Crippen molar-refractivity contribution in [3.05, 3.63) is 45.6 Å². The van der Waals surface area contributed by atoms with Crippen molar-refractivity contribution in [1.29, 1.82) is 0 Å². The molecule has 0 amide bonds. The molecule has 1 nitrogen and oxygen atoms in total. The number of rotatable bonds is 14. The van der Waals surface area contributed by atoms with Gasteiger partial charge >= 0.3 is 0 Å². The molecule has 3 aliphatic rings. The lowest BCUT2D eigenvalue weighted by Crippen LogP contribution is -2.38. The Labute approximate surface area is 217 Å². The highest BCUT2D eigenvalue weighted by atomic mass is 16.1. The Morgan fingerprint density at radius 2 is 1.17 bits per heavy atom. The monoisotopic (exact) mass is 478 g/mol. The van der Waals surface area contributed by atoms with E-state index in [-0.39, 0.29) is 5.41 Å². The predicted octanol–water partition coefficient (Wildman–Crippen LogP) is 10.3. The van der Waals surface area contributed by atoms with Crippen molar-refractivity contribution >= 4 is 5.78 Å². The van der Waals surface area contributed by atoms with Crippen LogP contribution in [0.15, 0.2) is 45.6 Å². The molecule has 0 heterocycles. The van der Waals surface area contributed by atoms with E-state index in [1.54, 1.807) is 0 Å². The topological polar surface area (TPSA) is 17.1 Å². The van der Waals surface area contributed by atoms with E-state index in [1.165, 1.54) is 79.2 Å². The van der Waals surface area contributed by atoms with Gasteiger partial charge in [0.15, 0.2) is 5.78 Å². The second-order valence-corrected chi connectivity index (χ2v) is 13.5. The SMILES string of the molecule is CC1=CC2=C(C1)C1=C(C=C(C)C1)C(CCC(C)CCCC(C)C)(CCC(C)CCCC(C)C)C2=O. The summed E-state index contributed by atoms with van der Waals surface area (Å²) in [5.41, 5.74) is 7.88. The van der Waals surface area contributed by atoms with Crippen LogP contribution in [0.3, 0.4) is 0 Å². The molecule has 0 bridgehead atoms. The summed E-state index contributed by atoms with van der Waals surface area (Å²) in [5, 5.41) is 0. The zero-order valence-electron chi connectivity index (χ0n) is 24.4. The van der Waals surface area contributed by atoms with Crippen LogP contribution in [0.5, 0.6) is 0 Å². The molecule has 2 atom stereocenters. The molecule has 196 valence electrons. The molecule has 3 rings (SSSR count). The van der Waals surface area contributed by atoms with Crippen LogP contribution in [-0.2, 0) is 4.79 Å². The minimum Gasteiger partial charge on any atom is -0.293 e. The number of fused-ring (bicyclic) bond motifs is 1. The van der Waals surface area contributed by atoms with E-state index in [2.05, 4.69) is 67.5 Å². The molecule has 0 saturated carbocycles. The van der Waals surface area contributed by atoms with Crippen LogP contribution in [0, 0.1) is 29.1 Å². The predicted molar refractivity (Wildman–Crippen MR) is 152 cm³/mol.